The third kappa shape index (κ3) is 2.76. The molecule has 0 fully saturated rings. The number of hydrogen-bond donors (Lipinski definition) is 0. The molecule has 3 rings (SSSR count). The van der Waals surface area contributed by atoms with Gasteiger partial charge in [0.25, 0.3) is 0 Å². The minimum atomic E-state index is -2.75. The van der Waals surface area contributed by atoms with Gasteiger partial charge < -0.3 is 0 Å². The van der Waals surface area contributed by atoms with Gasteiger partial charge in [-0.25, -0.2) is 0 Å². The van der Waals surface area contributed by atoms with Crippen molar-refractivity contribution in [3.05, 3.63) is 91.0 Å². The molecule has 0 bridgehead atoms. The molecule has 0 atom stereocenters. The van der Waals surface area contributed by atoms with E-state index in [9.17, 15) is 0 Å². The van der Waals surface area contributed by atoms with Crippen LogP contribution in [0.2, 0.25) is 0 Å². The SMILES string of the molecule is ClCCP(Br)(c1ccccc1)(c1ccccc1)c1ccccc1. The molecule has 0 radical (unpaired) electrons. The molecule has 0 aliphatic rings. The third-order valence-electron chi connectivity index (χ3n) is 4.39. The van der Waals surface area contributed by atoms with Gasteiger partial charge in [-0.05, 0) is 0 Å². The molecule has 118 valence electrons. The summed E-state index contributed by atoms with van der Waals surface area (Å²) in [4.78, 5) is 0. The molecule has 3 heteroatoms. The van der Waals surface area contributed by atoms with E-state index >= 15 is 0 Å². The number of benzene rings is 3. The van der Waals surface area contributed by atoms with E-state index in [1.807, 2.05) is 0 Å². The quantitative estimate of drug-likeness (QED) is 0.411. The van der Waals surface area contributed by atoms with Crippen LogP contribution in [0.4, 0.5) is 0 Å². The summed E-state index contributed by atoms with van der Waals surface area (Å²) in [6.07, 6.45) is 0.880. The Morgan fingerprint density at radius 3 is 1.17 bits per heavy atom. The van der Waals surface area contributed by atoms with Crippen LogP contribution in [-0.4, -0.2) is 12.0 Å². The van der Waals surface area contributed by atoms with Crippen molar-refractivity contribution in [2.45, 2.75) is 0 Å². The van der Waals surface area contributed by atoms with E-state index < -0.39 is 5.31 Å². The molecule has 0 spiro atoms. The van der Waals surface area contributed by atoms with Crippen molar-refractivity contribution in [1.29, 1.82) is 0 Å². The number of rotatable bonds is 5. The summed E-state index contributed by atoms with van der Waals surface area (Å²) in [7, 11) is 0. The second kappa shape index (κ2) is 6.77. The van der Waals surface area contributed by atoms with Crippen LogP contribution in [-0.2, 0) is 0 Å². The van der Waals surface area contributed by atoms with Crippen molar-refractivity contribution in [2.75, 3.05) is 12.0 Å². The molecule has 0 N–H and O–H groups in total. The number of alkyl halides is 1. The fraction of sp³-hybridized carbons (Fsp3) is 0.100. The van der Waals surface area contributed by atoms with E-state index in [0.29, 0.717) is 5.88 Å². The molecule has 3 aromatic rings. The first-order valence-electron chi connectivity index (χ1n) is 7.66. The van der Waals surface area contributed by atoms with Gasteiger partial charge in [0.2, 0.25) is 0 Å². The molecule has 0 saturated heterocycles. The molecule has 0 aliphatic heterocycles. The second-order valence-corrected chi connectivity index (χ2v) is 15.0. The van der Waals surface area contributed by atoms with Gasteiger partial charge in [-0.2, -0.15) is 0 Å². The van der Waals surface area contributed by atoms with E-state index in [-0.39, 0.29) is 0 Å². The Bertz CT molecular complexity index is 660. The van der Waals surface area contributed by atoms with Crippen molar-refractivity contribution >= 4 is 48.3 Å². The van der Waals surface area contributed by atoms with E-state index in [4.69, 9.17) is 11.6 Å². The number of hydrogen-bond acceptors (Lipinski definition) is 0. The summed E-state index contributed by atoms with van der Waals surface area (Å²) < 4.78 is 0. The van der Waals surface area contributed by atoms with Crippen molar-refractivity contribution in [1.82, 2.24) is 0 Å². The van der Waals surface area contributed by atoms with Crippen molar-refractivity contribution in [3.8, 4) is 0 Å². The fourth-order valence-electron chi connectivity index (χ4n) is 3.21. The zero-order chi connectivity index (χ0) is 16.2. The number of halogens is 2. The van der Waals surface area contributed by atoms with Crippen molar-refractivity contribution in [3.63, 3.8) is 0 Å². The first kappa shape index (κ1) is 16.7. The van der Waals surface area contributed by atoms with Crippen LogP contribution in [0.15, 0.2) is 91.0 Å². The van der Waals surface area contributed by atoms with E-state index in [1.54, 1.807) is 0 Å². The summed E-state index contributed by atoms with van der Waals surface area (Å²) in [5, 5.41) is 1.20. The molecule has 3 aromatic carbocycles. The normalized spacial score (nSPS) is 13.2. The van der Waals surface area contributed by atoms with Crippen LogP contribution >= 0.6 is 32.4 Å². The van der Waals surface area contributed by atoms with E-state index in [1.165, 1.54) is 15.9 Å². The van der Waals surface area contributed by atoms with Gasteiger partial charge in [-0.1, -0.05) is 0 Å². The van der Waals surface area contributed by atoms with Gasteiger partial charge >= 0.3 is 151 Å². The maximum absolute atomic E-state index is 6.33. The van der Waals surface area contributed by atoms with Crippen LogP contribution in [0.1, 0.15) is 0 Å². The Morgan fingerprint density at radius 2 is 0.913 bits per heavy atom. The van der Waals surface area contributed by atoms with Crippen LogP contribution < -0.4 is 15.9 Å². The van der Waals surface area contributed by atoms with Crippen LogP contribution in [0.3, 0.4) is 0 Å². The fourth-order valence-corrected chi connectivity index (χ4v) is 11.9. The van der Waals surface area contributed by atoms with E-state index in [2.05, 4.69) is 106 Å². The standard InChI is InChI=1S/C20H19BrClP/c21-23(17-16-22,18-10-4-1-5-11-18,19-12-6-2-7-13-19)20-14-8-3-9-15-20/h1-15H,16-17H2. The Balaban J connectivity index is 2.41. The molecular weight excluding hydrogens is 387 g/mol. The topological polar surface area (TPSA) is 0 Å². The Morgan fingerprint density at radius 1 is 0.609 bits per heavy atom. The van der Waals surface area contributed by atoms with Crippen LogP contribution in [0.5, 0.6) is 0 Å². The van der Waals surface area contributed by atoms with Gasteiger partial charge in [0.1, 0.15) is 0 Å². The van der Waals surface area contributed by atoms with Crippen molar-refractivity contribution < 1.29 is 0 Å². The summed E-state index contributed by atoms with van der Waals surface area (Å²) in [5.74, 6) is 0.599. The second-order valence-electron chi connectivity index (χ2n) is 5.60. The first-order chi connectivity index (χ1) is 11.2. The van der Waals surface area contributed by atoms with Gasteiger partial charge in [-0.15, -0.1) is 0 Å². The van der Waals surface area contributed by atoms with Gasteiger partial charge in [0.15, 0.2) is 0 Å². The molecule has 0 aliphatic carbocycles. The van der Waals surface area contributed by atoms with Gasteiger partial charge in [0, 0.05) is 0 Å². The zero-order valence-corrected chi connectivity index (χ0v) is 16.0. The molecule has 23 heavy (non-hydrogen) atoms. The predicted octanol–water partition coefficient (Wildman–Crippen LogP) is 5.06. The molecule has 0 heterocycles. The summed E-state index contributed by atoms with van der Waals surface area (Å²) >= 11 is 10.7. The minimum absolute atomic E-state index is 0.599. The Kier molecular flexibility index (Phi) is 4.92. The maximum atomic E-state index is 6.33. The van der Waals surface area contributed by atoms with Crippen LogP contribution in [0, 0.1) is 0 Å². The zero-order valence-electron chi connectivity index (χ0n) is 12.8. The van der Waals surface area contributed by atoms with Crippen LogP contribution in [0.25, 0.3) is 0 Å². The van der Waals surface area contributed by atoms with Crippen molar-refractivity contribution in [2.24, 2.45) is 0 Å². The van der Waals surface area contributed by atoms with E-state index in [0.717, 1.165) is 6.16 Å². The Labute approximate surface area is 151 Å². The third-order valence-corrected chi connectivity index (χ3v) is 14.8. The summed E-state index contributed by atoms with van der Waals surface area (Å²) in [5.41, 5.74) is 0. The average molecular weight is 406 g/mol. The molecule has 0 aromatic heterocycles. The molecule has 0 amide bonds. The van der Waals surface area contributed by atoms with Gasteiger partial charge in [0.05, 0.1) is 0 Å². The molecule has 0 unspecified atom stereocenters. The summed E-state index contributed by atoms with van der Waals surface area (Å²) in [6, 6.07) is 32.2. The monoisotopic (exact) mass is 404 g/mol. The molecular formula is C20H19BrClP. The summed E-state index contributed by atoms with van der Waals surface area (Å²) in [6.45, 7) is 0. The predicted molar refractivity (Wildman–Crippen MR) is 110 cm³/mol. The average Bonchev–Trinajstić information content (AvgIpc) is 2.64. The first-order valence-corrected chi connectivity index (χ1v) is 12.6. The molecule has 0 saturated carbocycles. The molecule has 0 nitrogen and oxygen atoms in total. The van der Waals surface area contributed by atoms with Gasteiger partial charge in [-0.3, -0.25) is 0 Å². The Hall–Kier alpha value is -1.14.